The number of nitrogens with zero attached hydrogens (tertiary/aromatic N) is 2. The number of para-hydroxylation sites is 3. The minimum atomic E-state index is -0.274. The fourth-order valence-corrected chi connectivity index (χ4v) is 9.80. The molecule has 3 heteroatoms. The van der Waals surface area contributed by atoms with Crippen LogP contribution in [0.1, 0.15) is 49.9 Å². The van der Waals surface area contributed by atoms with Crippen molar-refractivity contribution >= 4 is 34.1 Å². The van der Waals surface area contributed by atoms with Gasteiger partial charge < -0.3 is 14.5 Å². The highest BCUT2D eigenvalue weighted by molar-refractivity contribution is 6.01. The number of benzene rings is 8. The first-order valence-corrected chi connectivity index (χ1v) is 19.9. The molecule has 0 spiro atoms. The van der Waals surface area contributed by atoms with Gasteiger partial charge in [0.1, 0.15) is 0 Å². The molecular formula is C54H42N2O. The standard InChI is InChI=1S/C54H42N2O/c1-53(2)42-25-13-11-23-40(42)41-31-30-37(34-45(41)53)55(46-27-15-12-22-38(46)35-18-7-5-8-19-35)49-33-32-44-50-52(49)57-51-39(36-20-9-6-10-21-36)24-17-29-48(51)56(50)47-28-16-14-26-43(47)54(44,3)4/h5-34H,1-4H3. The van der Waals surface area contributed by atoms with Crippen LogP contribution in [0, 0.1) is 0 Å². The van der Waals surface area contributed by atoms with Crippen LogP contribution in [0.2, 0.25) is 0 Å². The van der Waals surface area contributed by atoms with Crippen molar-refractivity contribution in [3.05, 3.63) is 204 Å². The van der Waals surface area contributed by atoms with Gasteiger partial charge in [-0.3, -0.25) is 0 Å². The summed E-state index contributed by atoms with van der Waals surface area (Å²) in [7, 11) is 0. The van der Waals surface area contributed by atoms with E-state index in [1.807, 2.05) is 0 Å². The monoisotopic (exact) mass is 734 g/mol. The van der Waals surface area contributed by atoms with Gasteiger partial charge in [-0.2, -0.15) is 0 Å². The van der Waals surface area contributed by atoms with Gasteiger partial charge in [-0.05, 0) is 80.9 Å². The third-order valence-corrected chi connectivity index (χ3v) is 12.6. The zero-order valence-electron chi connectivity index (χ0n) is 32.6. The lowest BCUT2D eigenvalue weighted by Crippen LogP contribution is -2.33. The first-order valence-electron chi connectivity index (χ1n) is 19.9. The molecule has 2 heterocycles. The first-order chi connectivity index (χ1) is 27.8. The molecule has 0 atom stereocenters. The Morgan fingerprint density at radius 1 is 0.404 bits per heavy atom. The minimum absolute atomic E-state index is 0.165. The maximum atomic E-state index is 7.52. The van der Waals surface area contributed by atoms with E-state index in [4.69, 9.17) is 4.74 Å². The van der Waals surface area contributed by atoms with E-state index in [0.717, 1.165) is 62.2 Å². The van der Waals surface area contributed by atoms with Gasteiger partial charge in [0.2, 0.25) is 0 Å². The topological polar surface area (TPSA) is 15.7 Å². The van der Waals surface area contributed by atoms with Crippen molar-refractivity contribution < 1.29 is 4.74 Å². The summed E-state index contributed by atoms with van der Waals surface area (Å²) in [5.41, 5.74) is 18.3. The minimum Gasteiger partial charge on any atom is -0.450 e. The van der Waals surface area contributed by atoms with E-state index >= 15 is 0 Å². The van der Waals surface area contributed by atoms with Crippen LogP contribution in [0.15, 0.2) is 182 Å². The molecule has 3 nitrogen and oxygen atoms in total. The molecular weight excluding hydrogens is 693 g/mol. The lowest BCUT2D eigenvalue weighted by molar-refractivity contribution is 0.474. The van der Waals surface area contributed by atoms with Crippen molar-refractivity contribution in [3.63, 3.8) is 0 Å². The summed E-state index contributed by atoms with van der Waals surface area (Å²) in [6.07, 6.45) is 0. The molecule has 3 aliphatic rings. The second-order valence-electron chi connectivity index (χ2n) is 16.5. The number of hydrogen-bond acceptors (Lipinski definition) is 3. The molecule has 0 saturated heterocycles. The Labute approximate surface area is 335 Å². The third-order valence-electron chi connectivity index (χ3n) is 12.6. The number of anilines is 6. The molecule has 8 aromatic rings. The molecule has 0 saturated carbocycles. The van der Waals surface area contributed by atoms with Crippen LogP contribution in [-0.2, 0) is 10.8 Å². The smallest absolute Gasteiger partial charge is 0.175 e. The maximum absolute atomic E-state index is 7.52. The summed E-state index contributed by atoms with van der Waals surface area (Å²) < 4.78 is 7.52. The largest absolute Gasteiger partial charge is 0.450 e. The molecule has 0 amide bonds. The summed E-state index contributed by atoms with van der Waals surface area (Å²) in [6, 6.07) is 66.1. The van der Waals surface area contributed by atoms with Crippen LogP contribution < -0.4 is 14.5 Å². The first kappa shape index (κ1) is 33.5. The summed E-state index contributed by atoms with van der Waals surface area (Å²) in [5, 5.41) is 0. The molecule has 0 fully saturated rings. The summed E-state index contributed by atoms with van der Waals surface area (Å²) >= 11 is 0. The molecule has 11 rings (SSSR count). The SMILES string of the molecule is CC1(C)c2ccccc2-c2ccc(N(c3ccccc3-c3ccccc3)c3ccc4c5c3Oc3c(-c6ccccc6)cccc3N5c3ccccc3C4(C)C)cc21. The zero-order chi connectivity index (χ0) is 38.5. The van der Waals surface area contributed by atoms with Crippen molar-refractivity contribution in [2.24, 2.45) is 0 Å². The quantitative estimate of drug-likeness (QED) is 0.175. The van der Waals surface area contributed by atoms with Crippen molar-refractivity contribution in [1.29, 1.82) is 0 Å². The lowest BCUT2D eigenvalue weighted by Gasteiger charge is -2.46. The van der Waals surface area contributed by atoms with Crippen molar-refractivity contribution in [3.8, 4) is 44.9 Å². The van der Waals surface area contributed by atoms with Crippen LogP contribution in [-0.4, -0.2) is 0 Å². The maximum Gasteiger partial charge on any atom is 0.175 e. The zero-order valence-corrected chi connectivity index (χ0v) is 32.6. The Hall–Kier alpha value is -6.84. The van der Waals surface area contributed by atoms with Crippen molar-refractivity contribution in [2.75, 3.05) is 9.80 Å². The molecule has 0 unspecified atom stereocenters. The molecule has 0 bridgehead atoms. The van der Waals surface area contributed by atoms with Crippen molar-refractivity contribution in [1.82, 2.24) is 0 Å². The lowest BCUT2D eigenvalue weighted by atomic mass is 9.73. The summed E-state index contributed by atoms with van der Waals surface area (Å²) in [5.74, 6) is 1.70. The van der Waals surface area contributed by atoms with E-state index in [9.17, 15) is 0 Å². The van der Waals surface area contributed by atoms with Gasteiger partial charge in [-0.15, -0.1) is 0 Å². The molecule has 0 aromatic heterocycles. The van der Waals surface area contributed by atoms with Gasteiger partial charge in [-0.25, -0.2) is 0 Å². The van der Waals surface area contributed by atoms with Crippen molar-refractivity contribution in [2.45, 2.75) is 38.5 Å². The molecule has 8 aromatic carbocycles. The predicted octanol–water partition coefficient (Wildman–Crippen LogP) is 15.0. The van der Waals surface area contributed by atoms with Gasteiger partial charge in [0, 0.05) is 27.6 Å². The number of hydrogen-bond donors (Lipinski definition) is 0. The molecule has 57 heavy (non-hydrogen) atoms. The highest BCUT2D eigenvalue weighted by Crippen LogP contribution is 2.64. The van der Waals surface area contributed by atoms with Crippen LogP contribution in [0.3, 0.4) is 0 Å². The molecule has 2 aliphatic heterocycles. The third kappa shape index (κ3) is 4.85. The van der Waals surface area contributed by atoms with E-state index in [-0.39, 0.29) is 10.8 Å². The Morgan fingerprint density at radius 3 is 1.75 bits per heavy atom. The van der Waals surface area contributed by atoms with Gasteiger partial charge in [0.15, 0.2) is 11.5 Å². The average molecular weight is 735 g/mol. The summed E-state index contributed by atoms with van der Waals surface area (Å²) in [6.45, 7) is 9.40. The summed E-state index contributed by atoms with van der Waals surface area (Å²) in [4.78, 5) is 4.91. The van der Waals surface area contributed by atoms with Crippen LogP contribution in [0.5, 0.6) is 11.5 Å². The second-order valence-corrected chi connectivity index (χ2v) is 16.5. The Bertz CT molecular complexity index is 2890. The second kappa shape index (κ2) is 12.3. The number of fused-ring (bicyclic) bond motifs is 7. The Balaban J connectivity index is 1.22. The Morgan fingerprint density at radius 2 is 0.982 bits per heavy atom. The number of ether oxygens (including phenoxy) is 1. The van der Waals surface area contributed by atoms with Gasteiger partial charge in [0.25, 0.3) is 0 Å². The highest BCUT2D eigenvalue weighted by atomic mass is 16.5. The normalized spacial score (nSPS) is 14.7. The fourth-order valence-electron chi connectivity index (χ4n) is 9.80. The van der Waals surface area contributed by atoms with Crippen LogP contribution in [0.25, 0.3) is 33.4 Å². The predicted molar refractivity (Wildman–Crippen MR) is 236 cm³/mol. The van der Waals surface area contributed by atoms with Crippen LogP contribution >= 0.6 is 0 Å². The van der Waals surface area contributed by atoms with E-state index < -0.39 is 0 Å². The van der Waals surface area contributed by atoms with E-state index in [1.54, 1.807) is 0 Å². The fraction of sp³-hybridized carbons (Fsp3) is 0.111. The molecule has 1 aliphatic carbocycles. The van der Waals surface area contributed by atoms with E-state index in [0.29, 0.717) is 0 Å². The van der Waals surface area contributed by atoms with Gasteiger partial charge in [-0.1, -0.05) is 173 Å². The molecule has 0 N–H and O–H groups in total. The average Bonchev–Trinajstić information content (AvgIpc) is 3.48. The van der Waals surface area contributed by atoms with Crippen LogP contribution in [0.4, 0.5) is 34.1 Å². The molecule has 274 valence electrons. The van der Waals surface area contributed by atoms with E-state index in [1.165, 1.54) is 39.1 Å². The van der Waals surface area contributed by atoms with E-state index in [2.05, 4.69) is 219 Å². The Kier molecular flexibility index (Phi) is 7.25. The van der Waals surface area contributed by atoms with Gasteiger partial charge in [0.05, 0.1) is 28.4 Å². The number of rotatable bonds is 5. The molecule has 0 radical (unpaired) electrons. The van der Waals surface area contributed by atoms with Gasteiger partial charge >= 0.3 is 0 Å². The highest BCUT2D eigenvalue weighted by Gasteiger charge is 2.44.